The van der Waals surface area contributed by atoms with E-state index in [0.29, 0.717) is 5.15 Å². The number of nitrogens with zero attached hydrogens (tertiary/aromatic N) is 1. The number of halogens is 1. The van der Waals surface area contributed by atoms with Gasteiger partial charge in [0.2, 0.25) is 0 Å². The molecule has 15 heavy (non-hydrogen) atoms. The van der Waals surface area contributed by atoms with E-state index in [1.807, 2.05) is 6.07 Å². The minimum Gasteiger partial charge on any atom is -0.352 e. The van der Waals surface area contributed by atoms with Gasteiger partial charge in [-0.2, -0.15) is 0 Å². The zero-order chi connectivity index (χ0) is 10.4. The summed E-state index contributed by atoms with van der Waals surface area (Å²) in [5, 5.41) is 2.85. The Morgan fingerprint density at radius 2 is 2.07 bits per heavy atom. The van der Waals surface area contributed by atoms with Crippen LogP contribution in [-0.4, -0.2) is 9.97 Å². The van der Waals surface area contributed by atoms with Crippen molar-refractivity contribution in [3.05, 3.63) is 41.2 Å². The van der Waals surface area contributed by atoms with E-state index < -0.39 is 0 Å². The number of benzene rings is 1. The van der Waals surface area contributed by atoms with Gasteiger partial charge in [0, 0.05) is 22.5 Å². The average molecular weight is 217 g/mol. The molecule has 0 spiro atoms. The van der Waals surface area contributed by atoms with Crippen LogP contribution in [0.5, 0.6) is 0 Å². The second kappa shape index (κ2) is 2.97. The number of aromatic nitrogens is 2. The largest absolute Gasteiger partial charge is 0.352 e. The fourth-order valence-corrected chi connectivity index (χ4v) is 2.12. The van der Waals surface area contributed by atoms with Gasteiger partial charge in [0.05, 0.1) is 5.52 Å². The van der Waals surface area contributed by atoms with Crippen molar-refractivity contribution in [1.82, 2.24) is 9.97 Å². The summed E-state index contributed by atoms with van der Waals surface area (Å²) in [4.78, 5) is 7.35. The van der Waals surface area contributed by atoms with E-state index in [9.17, 15) is 0 Å². The summed E-state index contributed by atoms with van der Waals surface area (Å²) in [6.07, 6.45) is 1.73. The van der Waals surface area contributed by atoms with Gasteiger partial charge in [0.1, 0.15) is 0 Å². The molecule has 0 amide bonds. The Balaban J connectivity index is 2.57. The fraction of sp³-hybridized carbons (Fsp3) is 0.0833. The van der Waals surface area contributed by atoms with Crippen molar-refractivity contribution in [2.24, 2.45) is 0 Å². The molecule has 0 bridgehead atoms. The highest BCUT2D eigenvalue weighted by Gasteiger charge is 2.06. The highest BCUT2D eigenvalue weighted by molar-refractivity contribution is 6.35. The molecule has 74 valence electrons. The number of hydrogen-bond acceptors (Lipinski definition) is 1. The third-order valence-corrected chi connectivity index (χ3v) is 2.92. The predicted octanol–water partition coefficient (Wildman–Crippen LogP) is 3.68. The second-order valence-electron chi connectivity index (χ2n) is 3.70. The van der Waals surface area contributed by atoms with Gasteiger partial charge in [-0.15, -0.1) is 0 Å². The molecule has 0 aliphatic heterocycles. The van der Waals surface area contributed by atoms with Gasteiger partial charge in [-0.1, -0.05) is 23.7 Å². The first-order chi connectivity index (χ1) is 7.25. The number of rotatable bonds is 0. The van der Waals surface area contributed by atoms with E-state index in [4.69, 9.17) is 11.6 Å². The maximum Gasteiger partial charge on any atom is 0.153 e. The summed E-state index contributed by atoms with van der Waals surface area (Å²) < 4.78 is 0. The molecule has 2 nitrogen and oxygen atoms in total. The molecule has 2 heterocycles. The number of nitrogens with one attached hydrogen (secondary N) is 1. The summed E-state index contributed by atoms with van der Waals surface area (Å²) >= 11 is 6.03. The van der Waals surface area contributed by atoms with Crippen LogP contribution in [0.25, 0.3) is 21.8 Å². The van der Waals surface area contributed by atoms with Crippen LogP contribution >= 0.6 is 11.6 Å². The third-order valence-electron chi connectivity index (χ3n) is 2.63. The summed E-state index contributed by atoms with van der Waals surface area (Å²) in [6, 6.07) is 8.31. The highest BCUT2D eigenvalue weighted by atomic mass is 35.5. The third kappa shape index (κ3) is 1.22. The zero-order valence-electron chi connectivity index (χ0n) is 8.21. The molecule has 0 atom stereocenters. The van der Waals surface area contributed by atoms with Crippen LogP contribution in [0.4, 0.5) is 0 Å². The number of aryl methyl sites for hydroxylation is 1. The predicted molar refractivity (Wildman–Crippen MR) is 63.3 cm³/mol. The first-order valence-corrected chi connectivity index (χ1v) is 5.16. The zero-order valence-corrected chi connectivity index (χ0v) is 8.97. The van der Waals surface area contributed by atoms with E-state index in [1.165, 1.54) is 10.9 Å². The Hall–Kier alpha value is -1.54. The lowest BCUT2D eigenvalue weighted by molar-refractivity contribution is 1.34. The fourth-order valence-electron chi connectivity index (χ4n) is 1.91. The molecule has 1 aromatic carbocycles. The maximum atomic E-state index is 6.03. The molecule has 0 aliphatic rings. The average Bonchev–Trinajstić information content (AvgIpc) is 2.57. The van der Waals surface area contributed by atoms with E-state index in [-0.39, 0.29) is 0 Å². The van der Waals surface area contributed by atoms with Gasteiger partial charge < -0.3 is 4.98 Å². The topological polar surface area (TPSA) is 28.7 Å². The molecule has 3 heteroatoms. The summed E-state index contributed by atoms with van der Waals surface area (Å²) in [5.41, 5.74) is 3.26. The number of fused-ring (bicyclic) bond motifs is 3. The van der Waals surface area contributed by atoms with Gasteiger partial charge >= 0.3 is 0 Å². The number of H-pyrrole nitrogens is 1. The second-order valence-corrected chi connectivity index (χ2v) is 4.06. The maximum absolute atomic E-state index is 6.03. The van der Waals surface area contributed by atoms with Crippen molar-refractivity contribution in [1.29, 1.82) is 0 Å². The molecule has 0 fully saturated rings. The number of aromatic amines is 1. The molecule has 0 unspecified atom stereocenters. The molecular formula is C12H9ClN2. The summed E-state index contributed by atoms with van der Waals surface area (Å²) in [6.45, 7) is 2.07. The van der Waals surface area contributed by atoms with Crippen molar-refractivity contribution in [2.45, 2.75) is 6.92 Å². The standard InChI is InChI=1S/C12H9ClN2/c1-7-2-3-8-9-4-5-14-12(13)11(9)15-10(8)6-7/h2-6,15H,1H3. The molecule has 2 aromatic heterocycles. The van der Waals surface area contributed by atoms with Crippen LogP contribution in [0.1, 0.15) is 5.56 Å². The van der Waals surface area contributed by atoms with E-state index >= 15 is 0 Å². The first-order valence-electron chi connectivity index (χ1n) is 4.78. The smallest absolute Gasteiger partial charge is 0.153 e. The molecule has 0 saturated heterocycles. The Bertz CT molecular complexity index is 655. The quantitative estimate of drug-likeness (QED) is 0.571. The Labute approximate surface area is 91.9 Å². The number of pyridine rings is 1. The Kier molecular flexibility index (Phi) is 1.73. The SMILES string of the molecule is Cc1ccc2c(c1)[nH]c1c(Cl)nccc12. The minimum atomic E-state index is 0.529. The van der Waals surface area contributed by atoms with Gasteiger partial charge in [0.15, 0.2) is 5.15 Å². The van der Waals surface area contributed by atoms with Crippen LogP contribution in [-0.2, 0) is 0 Å². The summed E-state index contributed by atoms with van der Waals surface area (Å²) in [5.74, 6) is 0. The van der Waals surface area contributed by atoms with Crippen LogP contribution < -0.4 is 0 Å². The van der Waals surface area contributed by atoms with E-state index in [1.54, 1.807) is 6.20 Å². The van der Waals surface area contributed by atoms with Crippen LogP contribution in [0.15, 0.2) is 30.5 Å². The molecular weight excluding hydrogens is 208 g/mol. The lowest BCUT2D eigenvalue weighted by Crippen LogP contribution is -1.74. The monoisotopic (exact) mass is 216 g/mol. The van der Waals surface area contributed by atoms with Crippen molar-refractivity contribution in [3.8, 4) is 0 Å². The van der Waals surface area contributed by atoms with Crippen molar-refractivity contribution < 1.29 is 0 Å². The Morgan fingerprint density at radius 1 is 1.20 bits per heavy atom. The molecule has 3 aromatic rings. The highest BCUT2D eigenvalue weighted by Crippen LogP contribution is 2.28. The lowest BCUT2D eigenvalue weighted by Gasteiger charge is -1.92. The number of hydrogen-bond donors (Lipinski definition) is 1. The minimum absolute atomic E-state index is 0.529. The molecule has 1 N–H and O–H groups in total. The molecule has 3 rings (SSSR count). The van der Waals surface area contributed by atoms with Crippen LogP contribution in [0.2, 0.25) is 5.15 Å². The van der Waals surface area contributed by atoms with Crippen molar-refractivity contribution >= 4 is 33.4 Å². The lowest BCUT2D eigenvalue weighted by atomic mass is 10.1. The molecule has 0 radical (unpaired) electrons. The van der Waals surface area contributed by atoms with Crippen molar-refractivity contribution in [3.63, 3.8) is 0 Å². The van der Waals surface area contributed by atoms with Gasteiger partial charge in [-0.25, -0.2) is 4.98 Å². The normalized spacial score (nSPS) is 11.3. The van der Waals surface area contributed by atoms with Crippen LogP contribution in [0.3, 0.4) is 0 Å². The molecule has 0 saturated carbocycles. The first kappa shape index (κ1) is 8.74. The van der Waals surface area contributed by atoms with Crippen molar-refractivity contribution in [2.75, 3.05) is 0 Å². The van der Waals surface area contributed by atoms with Gasteiger partial charge in [-0.05, 0) is 24.6 Å². The van der Waals surface area contributed by atoms with E-state index in [2.05, 4.69) is 35.1 Å². The Morgan fingerprint density at radius 3 is 2.93 bits per heavy atom. The molecule has 0 aliphatic carbocycles. The van der Waals surface area contributed by atoms with Crippen LogP contribution in [0, 0.1) is 6.92 Å². The summed E-state index contributed by atoms with van der Waals surface area (Å²) in [7, 11) is 0. The van der Waals surface area contributed by atoms with Gasteiger partial charge in [0.25, 0.3) is 0 Å². The van der Waals surface area contributed by atoms with E-state index in [0.717, 1.165) is 16.4 Å². The van der Waals surface area contributed by atoms with Gasteiger partial charge in [-0.3, -0.25) is 0 Å².